The molecule has 0 amide bonds. The van der Waals surface area contributed by atoms with Gasteiger partial charge in [-0.2, -0.15) is 0 Å². The Bertz CT molecular complexity index is 1380. The van der Waals surface area contributed by atoms with Crippen LogP contribution in [-0.4, -0.2) is 81.5 Å². The summed E-state index contributed by atoms with van der Waals surface area (Å²) in [7, 11) is 3.90. The van der Waals surface area contributed by atoms with Gasteiger partial charge in [-0.3, -0.25) is 14.5 Å². The van der Waals surface area contributed by atoms with Crippen molar-refractivity contribution >= 4 is 22.7 Å². The van der Waals surface area contributed by atoms with E-state index < -0.39 is 5.97 Å². The Balaban J connectivity index is 1.30. The molecule has 4 aliphatic rings. The fourth-order valence-corrected chi connectivity index (χ4v) is 9.21. The van der Waals surface area contributed by atoms with Crippen LogP contribution in [0.1, 0.15) is 102 Å². The van der Waals surface area contributed by atoms with E-state index in [1.54, 1.807) is 0 Å². The summed E-state index contributed by atoms with van der Waals surface area (Å²) < 4.78 is 1.98. The molecule has 44 heavy (non-hydrogen) atoms. The predicted octanol–water partition coefficient (Wildman–Crippen LogP) is 5.71. The Labute approximate surface area is 261 Å². The van der Waals surface area contributed by atoms with Crippen LogP contribution >= 0.6 is 0 Å². The lowest BCUT2D eigenvalue weighted by molar-refractivity contribution is -0.136. The maximum absolute atomic E-state index is 14.4. The highest BCUT2D eigenvalue weighted by Gasteiger charge is 2.46. The lowest BCUT2D eigenvalue weighted by Gasteiger charge is -2.56. The number of aliphatic carboxylic acids is 1. The summed E-state index contributed by atoms with van der Waals surface area (Å²) in [5.41, 5.74) is 1.93. The Kier molecular flexibility index (Phi) is 9.71. The third-order valence-electron chi connectivity index (χ3n) is 11.0. The number of fused-ring (bicyclic) bond motifs is 5. The van der Waals surface area contributed by atoms with Gasteiger partial charge >= 0.3 is 5.97 Å². The van der Waals surface area contributed by atoms with Gasteiger partial charge in [-0.25, -0.2) is 4.98 Å². The smallest absolute Gasteiger partial charge is 0.303 e. The first kappa shape index (κ1) is 31.2. The summed E-state index contributed by atoms with van der Waals surface area (Å²) in [4.78, 5) is 41.2. The first-order valence-corrected chi connectivity index (χ1v) is 17.1. The highest BCUT2D eigenvalue weighted by atomic mass is 16.6. The first-order valence-electron chi connectivity index (χ1n) is 17.1. The molecule has 2 aromatic rings. The SMILES string of the molecule is CCC1CC2CC(C1)CC(N1C3CCCC1CC(n1c(=O)c(C(CCC(=O)O)=NOCCN(C)C)nc4ccccc41)C3)C2. The van der Waals surface area contributed by atoms with Crippen molar-refractivity contribution in [1.82, 2.24) is 19.4 Å². The van der Waals surface area contributed by atoms with E-state index in [-0.39, 0.29) is 30.1 Å². The number of carboxylic acid groups (broad SMARTS) is 1. The molecule has 240 valence electrons. The Morgan fingerprint density at radius 2 is 1.68 bits per heavy atom. The van der Waals surface area contributed by atoms with Crippen molar-refractivity contribution in [3.05, 3.63) is 40.3 Å². The van der Waals surface area contributed by atoms with Crippen LogP contribution in [0.3, 0.4) is 0 Å². The van der Waals surface area contributed by atoms with Crippen molar-refractivity contribution in [2.24, 2.45) is 22.9 Å². The zero-order valence-electron chi connectivity index (χ0n) is 26.9. The number of oxime groups is 1. The van der Waals surface area contributed by atoms with Crippen LogP contribution < -0.4 is 5.56 Å². The molecular weight excluding hydrogens is 554 g/mol. The molecule has 1 N–H and O–H groups in total. The fourth-order valence-electron chi connectivity index (χ4n) is 9.21. The number of carboxylic acids is 1. The Morgan fingerprint density at radius 3 is 2.34 bits per heavy atom. The molecule has 2 aliphatic carbocycles. The topological polar surface area (TPSA) is 100 Å². The van der Waals surface area contributed by atoms with Gasteiger partial charge in [0.2, 0.25) is 0 Å². The normalized spacial score (nSPS) is 30.9. The van der Waals surface area contributed by atoms with Crippen LogP contribution in [0.4, 0.5) is 0 Å². The second-order valence-corrected chi connectivity index (χ2v) is 14.3. The molecule has 0 radical (unpaired) electrons. The molecule has 4 unspecified atom stereocenters. The molecule has 9 heteroatoms. The number of aromatic nitrogens is 2. The van der Waals surface area contributed by atoms with E-state index in [1.807, 2.05) is 47.8 Å². The molecule has 9 nitrogen and oxygen atoms in total. The van der Waals surface area contributed by atoms with E-state index in [2.05, 4.69) is 17.0 Å². The van der Waals surface area contributed by atoms with Gasteiger partial charge in [-0.15, -0.1) is 0 Å². The van der Waals surface area contributed by atoms with Crippen LogP contribution in [0.25, 0.3) is 11.0 Å². The van der Waals surface area contributed by atoms with Crippen LogP contribution in [0.15, 0.2) is 34.2 Å². The van der Waals surface area contributed by atoms with Gasteiger partial charge in [-0.05, 0) is 102 Å². The number of carbonyl (C=O) groups is 1. The van der Waals surface area contributed by atoms with Gasteiger partial charge in [0.05, 0.1) is 17.5 Å². The molecule has 2 aliphatic heterocycles. The highest BCUT2D eigenvalue weighted by molar-refractivity contribution is 6.00. The number of rotatable bonds is 11. The summed E-state index contributed by atoms with van der Waals surface area (Å²) in [5, 5.41) is 13.7. The third kappa shape index (κ3) is 6.74. The highest BCUT2D eigenvalue weighted by Crippen LogP contribution is 2.49. The van der Waals surface area contributed by atoms with E-state index >= 15 is 0 Å². The number of piperidine rings is 2. The van der Waals surface area contributed by atoms with Gasteiger partial charge in [-0.1, -0.05) is 37.1 Å². The van der Waals surface area contributed by atoms with Crippen molar-refractivity contribution in [3.63, 3.8) is 0 Å². The summed E-state index contributed by atoms with van der Waals surface area (Å²) in [5.74, 6) is 1.75. The minimum absolute atomic E-state index is 0.0728. The standard InChI is InChI=1S/C35H51N5O4/c1-4-23-16-24-18-25(17-23)20-28(19-24)39-26-8-7-9-27(39)22-29(21-26)40-32-11-6-5-10-30(32)36-34(35(40)43)31(12-13-33(41)42)37-44-15-14-38(2)3/h5-6,10-11,23-29H,4,7-9,12-22H2,1-3H3,(H,41,42). The second-order valence-electron chi connectivity index (χ2n) is 14.3. The minimum atomic E-state index is -0.940. The van der Waals surface area contributed by atoms with Crippen molar-refractivity contribution < 1.29 is 14.7 Å². The first-order chi connectivity index (χ1) is 21.3. The molecular formula is C35H51N5O4. The van der Waals surface area contributed by atoms with Crippen LogP contribution in [0, 0.1) is 17.8 Å². The second kappa shape index (κ2) is 13.7. The molecule has 6 rings (SSSR count). The Hall–Kier alpha value is -2.78. The molecule has 4 bridgehead atoms. The zero-order valence-corrected chi connectivity index (χ0v) is 26.9. The maximum Gasteiger partial charge on any atom is 0.303 e. The summed E-state index contributed by atoms with van der Waals surface area (Å²) in [6, 6.07) is 9.61. The number of likely N-dealkylation sites (N-methyl/N-ethyl adjacent to an activating group) is 1. The van der Waals surface area contributed by atoms with Crippen molar-refractivity contribution in [2.45, 2.75) is 115 Å². The monoisotopic (exact) mass is 605 g/mol. The van der Waals surface area contributed by atoms with E-state index in [9.17, 15) is 14.7 Å². The quantitative estimate of drug-likeness (QED) is 0.199. The van der Waals surface area contributed by atoms with Crippen molar-refractivity contribution in [1.29, 1.82) is 0 Å². The van der Waals surface area contributed by atoms with Gasteiger partial charge in [0.25, 0.3) is 5.56 Å². The molecule has 4 fully saturated rings. The van der Waals surface area contributed by atoms with Crippen LogP contribution in [-0.2, 0) is 9.63 Å². The van der Waals surface area contributed by atoms with E-state index in [0.717, 1.165) is 41.6 Å². The zero-order chi connectivity index (χ0) is 30.8. The average molecular weight is 606 g/mol. The summed E-state index contributed by atoms with van der Waals surface area (Å²) in [6.45, 7) is 3.37. The lowest BCUT2D eigenvalue weighted by atomic mass is 9.64. The largest absolute Gasteiger partial charge is 0.481 e. The predicted molar refractivity (Wildman–Crippen MR) is 173 cm³/mol. The van der Waals surface area contributed by atoms with E-state index in [1.165, 1.54) is 57.8 Å². The fraction of sp³-hybridized carbons (Fsp3) is 0.714. The summed E-state index contributed by atoms with van der Waals surface area (Å²) >= 11 is 0. The number of hydrogen-bond acceptors (Lipinski definition) is 7. The average Bonchev–Trinajstić information content (AvgIpc) is 2.99. The van der Waals surface area contributed by atoms with E-state index in [4.69, 9.17) is 9.82 Å². The number of benzene rings is 1. The van der Waals surface area contributed by atoms with Crippen molar-refractivity contribution in [2.75, 3.05) is 27.2 Å². The van der Waals surface area contributed by atoms with Crippen molar-refractivity contribution in [3.8, 4) is 0 Å². The third-order valence-corrected chi connectivity index (χ3v) is 11.0. The van der Waals surface area contributed by atoms with E-state index in [0.29, 0.717) is 37.0 Å². The van der Waals surface area contributed by atoms with Gasteiger partial charge in [0.1, 0.15) is 12.3 Å². The summed E-state index contributed by atoms with van der Waals surface area (Å²) in [6.07, 6.45) is 13.8. The van der Waals surface area contributed by atoms with Gasteiger partial charge < -0.3 is 19.4 Å². The Morgan fingerprint density at radius 1 is 0.977 bits per heavy atom. The number of nitrogens with zero attached hydrogens (tertiary/aromatic N) is 5. The molecule has 1 aromatic carbocycles. The van der Waals surface area contributed by atoms with Gasteiger partial charge in [0, 0.05) is 37.1 Å². The molecule has 2 saturated heterocycles. The number of para-hydroxylation sites is 2. The molecule has 0 spiro atoms. The molecule has 3 heterocycles. The minimum Gasteiger partial charge on any atom is -0.481 e. The van der Waals surface area contributed by atoms with Crippen LogP contribution in [0.5, 0.6) is 0 Å². The maximum atomic E-state index is 14.4. The molecule has 2 saturated carbocycles. The molecule has 1 aromatic heterocycles. The number of hydrogen-bond donors (Lipinski definition) is 1. The van der Waals surface area contributed by atoms with Crippen LogP contribution in [0.2, 0.25) is 0 Å². The molecule has 4 atom stereocenters. The van der Waals surface area contributed by atoms with Gasteiger partial charge in [0.15, 0.2) is 5.69 Å². The lowest BCUT2D eigenvalue weighted by Crippen LogP contribution is -2.59.